The van der Waals surface area contributed by atoms with E-state index in [9.17, 15) is 24.0 Å². The number of nitrogens with zero attached hydrogens (tertiary/aromatic N) is 5. The lowest BCUT2D eigenvalue weighted by atomic mass is 9.93. The second kappa shape index (κ2) is 13.8. The Hall–Kier alpha value is -5.63. The van der Waals surface area contributed by atoms with E-state index < -0.39 is 29.7 Å². The van der Waals surface area contributed by atoms with Gasteiger partial charge in [0.2, 0.25) is 17.7 Å². The van der Waals surface area contributed by atoms with Gasteiger partial charge in [-0.2, -0.15) is 0 Å². The highest BCUT2D eigenvalue weighted by Crippen LogP contribution is 2.36. The van der Waals surface area contributed by atoms with E-state index >= 15 is 0 Å². The van der Waals surface area contributed by atoms with Crippen molar-refractivity contribution >= 4 is 51.9 Å². The third-order valence-electron chi connectivity index (χ3n) is 10.8. The molecule has 52 heavy (non-hydrogen) atoms. The number of fused-ring (bicyclic) bond motifs is 2. The van der Waals surface area contributed by atoms with Crippen molar-refractivity contribution in [2.75, 3.05) is 43.5 Å². The van der Waals surface area contributed by atoms with E-state index in [0.29, 0.717) is 60.2 Å². The molecule has 14 nitrogen and oxygen atoms in total. The van der Waals surface area contributed by atoms with Crippen molar-refractivity contribution in [2.45, 2.75) is 57.0 Å². The van der Waals surface area contributed by atoms with E-state index in [-0.39, 0.29) is 24.3 Å². The number of nitrogens with one attached hydrogen (secondary N) is 3. The molecule has 1 aromatic carbocycles. The van der Waals surface area contributed by atoms with Gasteiger partial charge in [0, 0.05) is 61.2 Å². The first-order valence-electron chi connectivity index (χ1n) is 17.9. The second-order valence-corrected chi connectivity index (χ2v) is 14.1. The van der Waals surface area contributed by atoms with Crippen LogP contribution in [0.15, 0.2) is 54.9 Å². The number of aromatic amines is 1. The van der Waals surface area contributed by atoms with Crippen LogP contribution in [-0.2, 0) is 9.59 Å². The number of benzene rings is 1. The fourth-order valence-electron chi connectivity index (χ4n) is 7.94. The van der Waals surface area contributed by atoms with Crippen molar-refractivity contribution < 1.29 is 28.7 Å². The number of pyridine rings is 2. The van der Waals surface area contributed by atoms with E-state index in [0.717, 1.165) is 48.0 Å². The lowest BCUT2D eigenvalue weighted by molar-refractivity contribution is -0.136. The quantitative estimate of drug-likeness (QED) is 0.216. The van der Waals surface area contributed by atoms with Gasteiger partial charge in [0.1, 0.15) is 11.9 Å². The zero-order chi connectivity index (χ0) is 35.9. The number of H-pyrrole nitrogens is 1. The van der Waals surface area contributed by atoms with Crippen LogP contribution in [0.3, 0.4) is 0 Å². The van der Waals surface area contributed by atoms with Crippen LogP contribution in [0.4, 0.5) is 11.5 Å². The van der Waals surface area contributed by atoms with Gasteiger partial charge in [0.15, 0.2) is 0 Å². The van der Waals surface area contributed by atoms with Crippen LogP contribution in [0.2, 0.25) is 0 Å². The summed E-state index contributed by atoms with van der Waals surface area (Å²) >= 11 is 0. The maximum Gasteiger partial charge on any atom is 0.264 e. The Balaban J connectivity index is 0.815. The minimum absolute atomic E-state index is 0.0798. The van der Waals surface area contributed by atoms with E-state index in [4.69, 9.17) is 4.74 Å². The molecular formula is C38H40N8O6. The van der Waals surface area contributed by atoms with Gasteiger partial charge in [-0.1, -0.05) is 6.07 Å². The minimum atomic E-state index is -0.994. The number of likely N-dealkylation sites (tertiary alicyclic amines) is 1. The number of hydrogen-bond donors (Lipinski definition) is 3. The van der Waals surface area contributed by atoms with Gasteiger partial charge in [-0.25, -0.2) is 9.97 Å². The highest BCUT2D eigenvalue weighted by atomic mass is 16.5. The molecule has 3 aromatic heterocycles. The molecule has 4 aliphatic rings. The average molecular weight is 705 g/mol. The highest BCUT2D eigenvalue weighted by molar-refractivity contribution is 6.25. The number of piperidine rings is 2. The predicted molar refractivity (Wildman–Crippen MR) is 191 cm³/mol. The van der Waals surface area contributed by atoms with Gasteiger partial charge < -0.3 is 19.9 Å². The van der Waals surface area contributed by atoms with E-state index in [1.807, 2.05) is 12.1 Å². The molecule has 0 aliphatic carbocycles. The van der Waals surface area contributed by atoms with Crippen LogP contribution in [0, 0.1) is 5.92 Å². The van der Waals surface area contributed by atoms with Gasteiger partial charge in [-0.15, -0.1) is 0 Å². The summed E-state index contributed by atoms with van der Waals surface area (Å²) in [7, 11) is 2.14. The van der Waals surface area contributed by atoms with Crippen molar-refractivity contribution in [1.82, 2.24) is 30.1 Å². The van der Waals surface area contributed by atoms with Crippen LogP contribution in [0.5, 0.6) is 5.88 Å². The lowest BCUT2D eigenvalue weighted by Crippen LogP contribution is -2.54. The normalized spacial score (nSPS) is 21.2. The standard InChI is InChI=1S/C38H40N8O6/c1-44-14-3-6-28(44)27-18-24-21-39-31(19-26(24)41-27)42-35(48)23-7-10-33(40-20-23)52-17-13-22-11-15-45(16-12-22)29-5-2-4-25-34(29)38(51)46(37(25)50)30-8-9-32(47)43-36(30)49/h2,4-5,7,10,18-22,28,30,41H,3,6,8-9,11-17H2,1H3,(H,39,42,48)(H,43,47,49). The maximum absolute atomic E-state index is 13.5. The first-order chi connectivity index (χ1) is 25.2. The van der Waals surface area contributed by atoms with Crippen molar-refractivity contribution in [3.63, 3.8) is 0 Å². The first-order valence-corrected chi connectivity index (χ1v) is 17.9. The zero-order valence-corrected chi connectivity index (χ0v) is 28.9. The van der Waals surface area contributed by atoms with Crippen molar-refractivity contribution in [2.24, 2.45) is 5.92 Å². The number of rotatable bonds is 9. The molecule has 8 rings (SSSR count). The van der Waals surface area contributed by atoms with Crippen molar-refractivity contribution in [3.8, 4) is 5.88 Å². The number of hydrogen-bond acceptors (Lipinski definition) is 10. The second-order valence-electron chi connectivity index (χ2n) is 14.1. The zero-order valence-electron chi connectivity index (χ0n) is 28.9. The summed E-state index contributed by atoms with van der Waals surface area (Å²) in [4.78, 5) is 81.6. The van der Waals surface area contributed by atoms with Crippen LogP contribution in [0.1, 0.15) is 87.8 Å². The highest BCUT2D eigenvalue weighted by Gasteiger charge is 2.46. The molecule has 0 saturated carbocycles. The molecule has 3 N–H and O–H groups in total. The van der Waals surface area contributed by atoms with Gasteiger partial charge in [-0.3, -0.25) is 39.1 Å². The summed E-state index contributed by atoms with van der Waals surface area (Å²) < 4.78 is 5.93. The maximum atomic E-state index is 13.5. The number of ether oxygens (including phenoxy) is 1. The monoisotopic (exact) mass is 704 g/mol. The number of anilines is 2. The Kier molecular flexibility index (Phi) is 8.91. The molecule has 268 valence electrons. The fraction of sp³-hybridized carbons (Fsp3) is 0.395. The Morgan fingerprint density at radius 2 is 1.79 bits per heavy atom. The third-order valence-corrected chi connectivity index (χ3v) is 10.8. The molecule has 0 bridgehead atoms. The van der Waals surface area contributed by atoms with Gasteiger partial charge in [-0.05, 0) is 82.3 Å². The minimum Gasteiger partial charge on any atom is -0.478 e. The number of carbonyl (C=O) groups excluding carboxylic acids is 5. The first kappa shape index (κ1) is 33.5. The largest absolute Gasteiger partial charge is 0.478 e. The van der Waals surface area contributed by atoms with Crippen molar-refractivity contribution in [1.29, 1.82) is 0 Å². The molecular weight excluding hydrogens is 664 g/mol. The van der Waals surface area contributed by atoms with Crippen LogP contribution in [0.25, 0.3) is 10.9 Å². The van der Waals surface area contributed by atoms with Crippen molar-refractivity contribution in [3.05, 3.63) is 77.2 Å². The van der Waals surface area contributed by atoms with Crippen LogP contribution in [-0.4, -0.2) is 93.6 Å². The molecule has 3 fully saturated rings. The molecule has 4 aliphatic heterocycles. The molecule has 2 atom stereocenters. The molecule has 3 saturated heterocycles. The predicted octanol–water partition coefficient (Wildman–Crippen LogP) is 4.06. The van der Waals surface area contributed by atoms with E-state index in [1.54, 1.807) is 30.5 Å². The van der Waals surface area contributed by atoms with E-state index in [2.05, 4.69) is 48.5 Å². The summed E-state index contributed by atoms with van der Waals surface area (Å²) in [6, 6.07) is 12.0. The summed E-state index contributed by atoms with van der Waals surface area (Å²) in [5.41, 5.74) is 3.79. The smallest absolute Gasteiger partial charge is 0.264 e. The molecule has 0 spiro atoms. The van der Waals surface area contributed by atoms with Crippen LogP contribution >= 0.6 is 0 Å². The topological polar surface area (TPSA) is 170 Å². The Morgan fingerprint density at radius 3 is 2.54 bits per heavy atom. The number of amides is 5. The Labute approximate surface area is 299 Å². The molecule has 0 radical (unpaired) electrons. The van der Waals surface area contributed by atoms with Crippen LogP contribution < -0.4 is 20.3 Å². The molecule has 14 heteroatoms. The summed E-state index contributed by atoms with van der Waals surface area (Å²) in [6.07, 6.45) is 8.34. The van der Waals surface area contributed by atoms with Gasteiger partial charge >= 0.3 is 0 Å². The summed E-state index contributed by atoms with van der Waals surface area (Å²) in [6.45, 7) is 2.96. The lowest BCUT2D eigenvalue weighted by Gasteiger charge is -2.34. The number of carbonyl (C=O) groups is 5. The number of aromatic nitrogens is 3. The molecule has 7 heterocycles. The Morgan fingerprint density at radius 1 is 0.942 bits per heavy atom. The van der Waals surface area contributed by atoms with Gasteiger partial charge in [0.05, 0.1) is 34.5 Å². The van der Waals surface area contributed by atoms with E-state index in [1.165, 1.54) is 18.3 Å². The molecule has 4 aromatic rings. The fourth-order valence-corrected chi connectivity index (χ4v) is 7.94. The Bertz CT molecular complexity index is 2070. The molecule has 5 amide bonds. The molecule has 2 unspecified atom stereocenters. The SMILES string of the molecule is CN1CCCC1c1cc2cnc(NC(=O)c3ccc(OCCC4CCN(c5cccc6c5C(=O)N(C5CCC(=O)NC5=O)C6=O)CC4)nc3)cc2[nH]1. The average Bonchev–Trinajstić information content (AvgIpc) is 3.84. The summed E-state index contributed by atoms with van der Waals surface area (Å²) in [5.74, 6) is -1.02. The summed E-state index contributed by atoms with van der Waals surface area (Å²) in [5, 5.41) is 6.12. The number of imide groups is 2. The third kappa shape index (κ3) is 6.38. The van der Waals surface area contributed by atoms with Gasteiger partial charge in [0.25, 0.3) is 17.7 Å².